The number of piperazine rings is 1. The third kappa shape index (κ3) is 4.70. The van der Waals surface area contributed by atoms with E-state index in [2.05, 4.69) is 15.2 Å². The van der Waals surface area contributed by atoms with Gasteiger partial charge < -0.3 is 15.1 Å². The molecule has 0 unspecified atom stereocenters. The van der Waals surface area contributed by atoms with E-state index in [1.165, 1.54) is 0 Å². The molecular weight excluding hydrogens is 387 g/mol. The zero-order valence-corrected chi connectivity index (χ0v) is 16.4. The number of aromatic nitrogens is 1. The van der Waals surface area contributed by atoms with Crippen molar-refractivity contribution < 1.29 is 9.59 Å². The van der Waals surface area contributed by atoms with Crippen molar-refractivity contribution in [3.8, 4) is 0 Å². The molecule has 27 heavy (non-hydrogen) atoms. The molecule has 142 valence electrons. The molecule has 0 bridgehead atoms. The highest BCUT2D eigenvalue weighted by Gasteiger charge is 2.27. The van der Waals surface area contributed by atoms with Crippen LogP contribution in [0.4, 0.5) is 5.82 Å². The Bertz CT molecular complexity index is 838. The summed E-state index contributed by atoms with van der Waals surface area (Å²) in [5, 5.41) is 3.53. The summed E-state index contributed by atoms with van der Waals surface area (Å²) in [6, 6.07) is 11.6. The molecule has 1 aliphatic rings. The normalized spacial score (nSPS) is 15.4. The molecule has 0 radical (unpaired) electrons. The Morgan fingerprint density at radius 2 is 1.74 bits per heavy atom. The lowest BCUT2D eigenvalue weighted by molar-refractivity contribution is -0.133. The van der Waals surface area contributed by atoms with Crippen LogP contribution in [0.15, 0.2) is 42.5 Å². The van der Waals surface area contributed by atoms with Gasteiger partial charge in [-0.2, -0.15) is 0 Å². The number of anilines is 1. The molecule has 3 rings (SSSR count). The van der Waals surface area contributed by atoms with Gasteiger partial charge in [-0.25, -0.2) is 4.98 Å². The third-order valence-corrected chi connectivity index (χ3v) is 4.99. The SMILES string of the molecule is C[C@H](NC(=O)c1ccccc1Cl)C(=O)N1CCN(c2cccc(Cl)n2)CC1. The van der Waals surface area contributed by atoms with Crippen molar-refractivity contribution in [3.05, 3.63) is 58.2 Å². The number of carbonyl (C=O) groups is 2. The molecule has 2 aromatic rings. The highest BCUT2D eigenvalue weighted by molar-refractivity contribution is 6.33. The molecule has 2 heterocycles. The molecule has 1 saturated heterocycles. The number of benzene rings is 1. The van der Waals surface area contributed by atoms with E-state index in [0.717, 1.165) is 5.82 Å². The maximum atomic E-state index is 12.7. The van der Waals surface area contributed by atoms with E-state index in [0.29, 0.717) is 41.9 Å². The van der Waals surface area contributed by atoms with Crippen molar-refractivity contribution >= 4 is 40.8 Å². The van der Waals surface area contributed by atoms with Gasteiger partial charge in [-0.3, -0.25) is 9.59 Å². The van der Waals surface area contributed by atoms with Crippen LogP contribution in [0.25, 0.3) is 0 Å². The van der Waals surface area contributed by atoms with Crippen LogP contribution in [0.1, 0.15) is 17.3 Å². The lowest BCUT2D eigenvalue weighted by Crippen LogP contribution is -2.54. The summed E-state index contributed by atoms with van der Waals surface area (Å²) >= 11 is 12.0. The fourth-order valence-corrected chi connectivity index (χ4v) is 3.37. The Morgan fingerprint density at radius 1 is 1.04 bits per heavy atom. The molecule has 1 aliphatic heterocycles. The van der Waals surface area contributed by atoms with E-state index in [1.807, 2.05) is 12.1 Å². The molecule has 1 aromatic carbocycles. The summed E-state index contributed by atoms with van der Waals surface area (Å²) < 4.78 is 0. The smallest absolute Gasteiger partial charge is 0.253 e. The number of nitrogens with zero attached hydrogens (tertiary/aromatic N) is 3. The maximum Gasteiger partial charge on any atom is 0.253 e. The van der Waals surface area contributed by atoms with Gasteiger partial charge in [0.25, 0.3) is 5.91 Å². The standard InChI is InChI=1S/C19H20Cl2N4O2/c1-13(22-18(26)14-5-2-3-6-15(14)20)19(27)25-11-9-24(10-12-25)17-8-4-7-16(21)23-17/h2-8,13H,9-12H2,1H3,(H,22,26)/t13-/m0/s1. The van der Waals surface area contributed by atoms with E-state index in [4.69, 9.17) is 23.2 Å². The van der Waals surface area contributed by atoms with Gasteiger partial charge in [0.15, 0.2) is 0 Å². The summed E-state index contributed by atoms with van der Waals surface area (Å²) in [7, 11) is 0. The average molecular weight is 407 g/mol. The number of rotatable bonds is 4. The number of hydrogen-bond acceptors (Lipinski definition) is 4. The van der Waals surface area contributed by atoms with Crippen LogP contribution in [-0.2, 0) is 4.79 Å². The number of halogens is 2. The van der Waals surface area contributed by atoms with Crippen LogP contribution < -0.4 is 10.2 Å². The molecule has 1 aromatic heterocycles. The van der Waals surface area contributed by atoms with Crippen molar-refractivity contribution in [1.29, 1.82) is 0 Å². The average Bonchev–Trinajstić information content (AvgIpc) is 2.67. The van der Waals surface area contributed by atoms with Crippen molar-refractivity contribution in [2.24, 2.45) is 0 Å². The van der Waals surface area contributed by atoms with Gasteiger partial charge >= 0.3 is 0 Å². The van der Waals surface area contributed by atoms with Crippen LogP contribution in [0.2, 0.25) is 10.2 Å². The fourth-order valence-electron chi connectivity index (χ4n) is 2.98. The molecule has 0 spiro atoms. The minimum atomic E-state index is -0.635. The lowest BCUT2D eigenvalue weighted by atomic mass is 10.2. The first-order valence-corrected chi connectivity index (χ1v) is 9.43. The second kappa shape index (κ2) is 8.59. The summed E-state index contributed by atoms with van der Waals surface area (Å²) in [6.07, 6.45) is 0. The van der Waals surface area contributed by atoms with Gasteiger partial charge in [0.05, 0.1) is 10.6 Å². The predicted octanol–water partition coefficient (Wildman–Crippen LogP) is 2.86. The van der Waals surface area contributed by atoms with Crippen molar-refractivity contribution in [2.45, 2.75) is 13.0 Å². The van der Waals surface area contributed by atoms with Gasteiger partial charge in [-0.1, -0.05) is 41.4 Å². The number of carbonyl (C=O) groups excluding carboxylic acids is 2. The van der Waals surface area contributed by atoms with E-state index in [1.54, 1.807) is 42.2 Å². The van der Waals surface area contributed by atoms with E-state index in [9.17, 15) is 9.59 Å². The second-order valence-electron chi connectivity index (χ2n) is 6.31. The topological polar surface area (TPSA) is 65.5 Å². The minimum Gasteiger partial charge on any atom is -0.353 e. The summed E-state index contributed by atoms with van der Waals surface area (Å²) in [6.45, 7) is 4.11. The third-order valence-electron chi connectivity index (χ3n) is 4.45. The Morgan fingerprint density at radius 3 is 2.41 bits per heavy atom. The first-order valence-electron chi connectivity index (χ1n) is 8.67. The van der Waals surface area contributed by atoms with Crippen molar-refractivity contribution in [2.75, 3.05) is 31.1 Å². The first kappa shape index (κ1) is 19.5. The molecule has 1 N–H and O–H groups in total. The second-order valence-corrected chi connectivity index (χ2v) is 7.10. The summed E-state index contributed by atoms with van der Waals surface area (Å²) in [4.78, 5) is 33.1. The molecule has 2 amide bonds. The van der Waals surface area contributed by atoms with Crippen LogP contribution in [0, 0.1) is 0 Å². The zero-order valence-electron chi connectivity index (χ0n) is 14.9. The Labute approximate surface area is 168 Å². The largest absolute Gasteiger partial charge is 0.353 e. The van der Waals surface area contributed by atoms with Crippen molar-refractivity contribution in [1.82, 2.24) is 15.2 Å². The zero-order chi connectivity index (χ0) is 19.4. The monoisotopic (exact) mass is 406 g/mol. The summed E-state index contributed by atoms with van der Waals surface area (Å²) in [5.74, 6) is 0.326. The number of amides is 2. The van der Waals surface area contributed by atoms with Gasteiger partial charge in [0, 0.05) is 26.2 Å². The lowest BCUT2D eigenvalue weighted by Gasteiger charge is -2.36. The highest BCUT2D eigenvalue weighted by atomic mass is 35.5. The van der Waals surface area contributed by atoms with Crippen LogP contribution in [-0.4, -0.2) is 53.9 Å². The molecule has 0 saturated carbocycles. The molecular formula is C19H20Cl2N4O2. The number of nitrogens with one attached hydrogen (secondary N) is 1. The van der Waals surface area contributed by atoms with E-state index in [-0.39, 0.29) is 11.8 Å². The summed E-state index contributed by atoms with van der Waals surface area (Å²) in [5.41, 5.74) is 0.357. The van der Waals surface area contributed by atoms with E-state index < -0.39 is 6.04 Å². The Hall–Kier alpha value is -2.31. The number of pyridine rings is 1. The molecule has 0 aliphatic carbocycles. The van der Waals surface area contributed by atoms with Gasteiger partial charge in [-0.05, 0) is 31.2 Å². The van der Waals surface area contributed by atoms with Crippen LogP contribution >= 0.6 is 23.2 Å². The molecule has 6 nitrogen and oxygen atoms in total. The minimum absolute atomic E-state index is 0.117. The van der Waals surface area contributed by atoms with Gasteiger partial charge in [-0.15, -0.1) is 0 Å². The number of hydrogen-bond donors (Lipinski definition) is 1. The molecule has 8 heteroatoms. The first-order chi connectivity index (χ1) is 13.0. The van der Waals surface area contributed by atoms with E-state index >= 15 is 0 Å². The Kier molecular flexibility index (Phi) is 6.19. The maximum absolute atomic E-state index is 12.7. The molecule has 1 fully saturated rings. The predicted molar refractivity (Wildman–Crippen MR) is 106 cm³/mol. The fraction of sp³-hybridized carbons (Fsp3) is 0.316. The Balaban J connectivity index is 1.55. The quantitative estimate of drug-likeness (QED) is 0.792. The van der Waals surface area contributed by atoms with Gasteiger partial charge in [0.1, 0.15) is 17.0 Å². The van der Waals surface area contributed by atoms with Crippen LogP contribution in [0.5, 0.6) is 0 Å². The highest BCUT2D eigenvalue weighted by Crippen LogP contribution is 2.17. The van der Waals surface area contributed by atoms with Crippen molar-refractivity contribution in [3.63, 3.8) is 0 Å². The van der Waals surface area contributed by atoms with Gasteiger partial charge in [0.2, 0.25) is 5.91 Å². The van der Waals surface area contributed by atoms with Crippen LogP contribution in [0.3, 0.4) is 0 Å². The molecule has 1 atom stereocenters.